The van der Waals surface area contributed by atoms with Crippen LogP contribution in [0, 0.1) is 0 Å². The smallest absolute Gasteiger partial charge is 0.260 e. The van der Waals surface area contributed by atoms with Gasteiger partial charge in [0.05, 0.1) is 24.5 Å². The number of aromatic nitrogens is 1. The van der Waals surface area contributed by atoms with Gasteiger partial charge in [0.1, 0.15) is 5.75 Å². The van der Waals surface area contributed by atoms with Crippen LogP contribution in [0.15, 0.2) is 40.0 Å². The fraction of sp³-hybridized carbons (Fsp3) is 0.480. The van der Waals surface area contributed by atoms with E-state index < -0.39 is 0 Å². The number of benzene rings is 1. The predicted octanol–water partition coefficient (Wildman–Crippen LogP) is 2.82. The average molecular weight is 481 g/mol. The fourth-order valence-corrected chi connectivity index (χ4v) is 5.42. The van der Waals surface area contributed by atoms with Crippen molar-refractivity contribution in [3.05, 3.63) is 51.8 Å². The van der Waals surface area contributed by atoms with E-state index >= 15 is 0 Å². The van der Waals surface area contributed by atoms with Crippen LogP contribution in [-0.4, -0.2) is 67.9 Å². The lowest BCUT2D eigenvalue weighted by atomic mass is 10.1. The Morgan fingerprint density at radius 2 is 2.15 bits per heavy atom. The summed E-state index contributed by atoms with van der Waals surface area (Å²) in [5.41, 5.74) is 5.25. The van der Waals surface area contributed by atoms with Crippen molar-refractivity contribution in [2.75, 3.05) is 50.8 Å². The van der Waals surface area contributed by atoms with Crippen LogP contribution in [0.5, 0.6) is 5.75 Å². The van der Waals surface area contributed by atoms with Gasteiger partial charge in [-0.1, -0.05) is 6.92 Å². The molecule has 180 valence electrons. The third kappa shape index (κ3) is 4.95. The molecule has 2 aromatic rings. The highest BCUT2D eigenvalue weighted by atomic mass is 32.1. The minimum absolute atomic E-state index is 0.0142. The number of anilines is 1. The fourth-order valence-electron chi connectivity index (χ4n) is 4.57. The van der Waals surface area contributed by atoms with Crippen molar-refractivity contribution in [1.82, 2.24) is 20.5 Å². The number of allylic oxidation sites excluding steroid dienone is 1. The van der Waals surface area contributed by atoms with Crippen LogP contribution in [0.25, 0.3) is 0 Å². The largest absolute Gasteiger partial charge is 0.494 e. The average Bonchev–Trinajstić information content (AvgIpc) is 3.47. The molecule has 5 rings (SSSR count). The molecule has 1 saturated heterocycles. The summed E-state index contributed by atoms with van der Waals surface area (Å²) in [5.74, 6) is 0.835. The van der Waals surface area contributed by atoms with E-state index in [-0.39, 0.29) is 5.91 Å². The normalized spacial score (nSPS) is 18.0. The molecule has 4 heterocycles. The van der Waals surface area contributed by atoms with Gasteiger partial charge in [-0.2, -0.15) is 0 Å². The first kappa shape index (κ1) is 22.9. The zero-order valence-corrected chi connectivity index (χ0v) is 20.5. The second-order valence-corrected chi connectivity index (χ2v) is 9.58. The number of nitrogens with one attached hydrogen (secondary N) is 2. The van der Waals surface area contributed by atoms with E-state index in [9.17, 15) is 4.79 Å². The highest BCUT2D eigenvalue weighted by Gasteiger charge is 2.30. The molecule has 1 amide bonds. The number of carbonyl (C=O) groups excluding carboxylic acids is 1. The van der Waals surface area contributed by atoms with Crippen LogP contribution in [0.1, 0.15) is 41.4 Å². The first-order valence-electron chi connectivity index (χ1n) is 12.2. The van der Waals surface area contributed by atoms with E-state index in [1.165, 1.54) is 17.0 Å². The molecule has 0 saturated carbocycles. The number of nitrogens with zero attached hydrogens (tertiary/aromatic N) is 4. The molecular formula is C25H32N6O2S. The van der Waals surface area contributed by atoms with E-state index in [1.807, 2.05) is 24.4 Å². The molecule has 1 fully saturated rings. The molecule has 34 heavy (non-hydrogen) atoms. The zero-order valence-electron chi connectivity index (χ0n) is 19.7. The molecular weight excluding hydrogens is 448 g/mol. The summed E-state index contributed by atoms with van der Waals surface area (Å²) < 4.78 is 5.73. The Hall–Kier alpha value is -2.91. The SMILES string of the molecule is CCCOc1ccc2c(c1)CN(c1nc(CCNC3=C(N4CCNCC4)CCN=C3)cs1)C2=O. The topological polar surface area (TPSA) is 82.1 Å². The lowest BCUT2D eigenvalue weighted by Gasteiger charge is -2.34. The molecule has 0 aliphatic carbocycles. The predicted molar refractivity (Wildman–Crippen MR) is 136 cm³/mol. The standard InChI is InChI=1S/C25H32N6O2S/c1-2-13-33-20-3-4-21-18(14-20)16-31(24(21)32)25-29-19(17-34-25)5-8-28-22-15-27-7-6-23(22)30-11-9-26-10-12-30/h3-4,14-15,17,26,28H,2,5-13,16H2,1H3. The quantitative estimate of drug-likeness (QED) is 0.575. The number of ether oxygens (including phenoxy) is 1. The number of piperazine rings is 1. The molecule has 3 aliphatic heterocycles. The molecule has 0 bridgehead atoms. The minimum atomic E-state index is 0.0142. The maximum Gasteiger partial charge on any atom is 0.260 e. The maximum atomic E-state index is 12.9. The summed E-state index contributed by atoms with van der Waals surface area (Å²) in [7, 11) is 0. The summed E-state index contributed by atoms with van der Waals surface area (Å²) in [6, 6.07) is 5.74. The zero-order chi connectivity index (χ0) is 23.3. The number of thiazole rings is 1. The lowest BCUT2D eigenvalue weighted by molar-refractivity contribution is 0.0996. The molecule has 1 aromatic heterocycles. The summed E-state index contributed by atoms with van der Waals surface area (Å²) in [5, 5.41) is 9.82. The summed E-state index contributed by atoms with van der Waals surface area (Å²) in [6.45, 7) is 9.10. The van der Waals surface area contributed by atoms with E-state index in [0.29, 0.717) is 13.2 Å². The number of fused-ring (bicyclic) bond motifs is 1. The van der Waals surface area contributed by atoms with Crippen LogP contribution < -0.4 is 20.3 Å². The van der Waals surface area contributed by atoms with Crippen LogP contribution in [0.3, 0.4) is 0 Å². The molecule has 0 radical (unpaired) electrons. The van der Waals surface area contributed by atoms with Gasteiger partial charge < -0.3 is 20.3 Å². The van der Waals surface area contributed by atoms with Gasteiger partial charge in [0, 0.05) is 75.0 Å². The molecule has 9 heteroatoms. The first-order chi connectivity index (χ1) is 16.7. The number of hydrogen-bond donors (Lipinski definition) is 2. The van der Waals surface area contributed by atoms with E-state index in [2.05, 4.69) is 32.8 Å². The van der Waals surface area contributed by atoms with Crippen molar-refractivity contribution in [2.24, 2.45) is 4.99 Å². The van der Waals surface area contributed by atoms with Crippen molar-refractivity contribution >= 4 is 28.6 Å². The summed E-state index contributed by atoms with van der Waals surface area (Å²) in [4.78, 5) is 26.4. The highest BCUT2D eigenvalue weighted by Crippen LogP contribution is 2.32. The molecule has 0 atom stereocenters. The van der Waals surface area contributed by atoms with Gasteiger partial charge in [0.25, 0.3) is 5.91 Å². The van der Waals surface area contributed by atoms with Gasteiger partial charge >= 0.3 is 0 Å². The van der Waals surface area contributed by atoms with Gasteiger partial charge in [-0.25, -0.2) is 4.98 Å². The lowest BCUT2D eigenvalue weighted by Crippen LogP contribution is -2.44. The first-order valence-corrected chi connectivity index (χ1v) is 13.1. The molecule has 2 N–H and O–H groups in total. The monoisotopic (exact) mass is 480 g/mol. The minimum Gasteiger partial charge on any atom is -0.494 e. The third-order valence-corrected chi connectivity index (χ3v) is 7.24. The van der Waals surface area contributed by atoms with Crippen molar-refractivity contribution < 1.29 is 9.53 Å². The Morgan fingerprint density at radius 1 is 1.26 bits per heavy atom. The Bertz CT molecular complexity index is 1090. The number of amides is 1. The molecule has 1 aromatic carbocycles. The van der Waals surface area contributed by atoms with Crippen molar-refractivity contribution in [2.45, 2.75) is 32.7 Å². The van der Waals surface area contributed by atoms with Crippen LogP contribution in [-0.2, 0) is 13.0 Å². The van der Waals surface area contributed by atoms with Crippen molar-refractivity contribution in [1.29, 1.82) is 0 Å². The number of hydrogen-bond acceptors (Lipinski definition) is 8. The number of aliphatic imine (C=N–C) groups is 1. The summed E-state index contributed by atoms with van der Waals surface area (Å²) in [6.07, 6.45) is 4.72. The number of dihydropyridines is 1. The van der Waals surface area contributed by atoms with Gasteiger partial charge in [-0.05, 0) is 30.2 Å². The van der Waals surface area contributed by atoms with Crippen molar-refractivity contribution in [3.8, 4) is 5.75 Å². The maximum absolute atomic E-state index is 12.9. The van der Waals surface area contributed by atoms with E-state index in [0.717, 1.165) is 91.9 Å². The molecule has 0 spiro atoms. The third-order valence-electron chi connectivity index (χ3n) is 6.33. The molecule has 0 unspecified atom stereocenters. The van der Waals surface area contributed by atoms with Crippen molar-refractivity contribution in [3.63, 3.8) is 0 Å². The highest BCUT2D eigenvalue weighted by molar-refractivity contribution is 7.14. The van der Waals surface area contributed by atoms with Gasteiger partial charge in [-0.3, -0.25) is 14.7 Å². The van der Waals surface area contributed by atoms with E-state index in [1.54, 1.807) is 4.90 Å². The van der Waals surface area contributed by atoms with Gasteiger partial charge in [0.15, 0.2) is 5.13 Å². The molecule has 8 nitrogen and oxygen atoms in total. The van der Waals surface area contributed by atoms with Crippen LogP contribution in [0.4, 0.5) is 5.13 Å². The summed E-state index contributed by atoms with van der Waals surface area (Å²) >= 11 is 1.53. The van der Waals surface area contributed by atoms with Crippen LogP contribution in [0.2, 0.25) is 0 Å². The Balaban J connectivity index is 1.19. The van der Waals surface area contributed by atoms with E-state index in [4.69, 9.17) is 9.72 Å². The Kier molecular flexibility index (Phi) is 7.10. The Labute approximate surface area is 204 Å². The Morgan fingerprint density at radius 3 is 3.00 bits per heavy atom. The second kappa shape index (κ2) is 10.6. The number of rotatable bonds is 9. The van der Waals surface area contributed by atoms with Gasteiger partial charge in [0.2, 0.25) is 0 Å². The molecule has 3 aliphatic rings. The van der Waals surface area contributed by atoms with Crippen LogP contribution >= 0.6 is 11.3 Å². The van der Waals surface area contributed by atoms with Gasteiger partial charge in [-0.15, -0.1) is 11.3 Å². The number of carbonyl (C=O) groups is 1. The second-order valence-electron chi connectivity index (χ2n) is 8.74.